The lowest BCUT2D eigenvalue weighted by atomic mass is 9.74. The maximum absolute atomic E-state index is 12.9. The smallest absolute Gasteiger partial charge is 0.316 e. The summed E-state index contributed by atoms with van der Waals surface area (Å²) in [5.74, 6) is 0.745. The van der Waals surface area contributed by atoms with Crippen molar-refractivity contribution in [1.82, 2.24) is 4.90 Å². The minimum atomic E-state index is -0.571. The molecule has 1 saturated heterocycles. The topological polar surface area (TPSA) is 42.0 Å². The molecule has 36 heavy (non-hydrogen) atoms. The summed E-state index contributed by atoms with van der Waals surface area (Å²) in [6, 6.07) is 27.1. The Bertz CT molecular complexity index is 1130. The van der Waals surface area contributed by atoms with Gasteiger partial charge in [0.2, 0.25) is 0 Å². The van der Waals surface area contributed by atoms with Crippen LogP contribution in [0.25, 0.3) is 11.1 Å². The highest BCUT2D eigenvalue weighted by Gasteiger charge is 2.39. The molecule has 0 amide bonds. The van der Waals surface area contributed by atoms with Gasteiger partial charge >= 0.3 is 5.97 Å². The minimum absolute atomic E-state index is 0.128. The van der Waals surface area contributed by atoms with E-state index in [1.807, 2.05) is 30.3 Å². The lowest BCUT2D eigenvalue weighted by molar-refractivity contribution is -0.148. The van der Waals surface area contributed by atoms with Crippen LogP contribution in [0.5, 0.6) is 5.75 Å². The van der Waals surface area contributed by atoms with Crippen molar-refractivity contribution >= 4 is 11.7 Å². The molecule has 190 valence electrons. The molecule has 3 aromatic rings. The molecule has 0 radical (unpaired) electrons. The Labute approximate surface area is 215 Å². The first-order chi connectivity index (χ1) is 17.6. The maximum atomic E-state index is 12.9. The molecular weight excluding hydrogens is 448 g/mol. The van der Waals surface area contributed by atoms with Gasteiger partial charge in [-0.2, -0.15) is 0 Å². The van der Waals surface area contributed by atoms with Crippen LogP contribution in [0.1, 0.15) is 31.7 Å². The van der Waals surface area contributed by atoms with Crippen molar-refractivity contribution in [3.05, 3.63) is 84.4 Å². The largest absolute Gasteiger partial charge is 0.497 e. The molecule has 1 aliphatic rings. The molecule has 1 fully saturated rings. The quantitative estimate of drug-likeness (QED) is 0.340. The summed E-state index contributed by atoms with van der Waals surface area (Å²) >= 11 is 0. The molecule has 5 nitrogen and oxygen atoms in total. The molecule has 1 unspecified atom stereocenters. The number of piperazine rings is 1. The Hall–Kier alpha value is -3.31. The van der Waals surface area contributed by atoms with E-state index < -0.39 is 5.41 Å². The zero-order chi connectivity index (χ0) is 25.4. The standard InChI is InChI=1S/C31H38N2O3/c1-4-31(30(34)36-3,27-13-6-5-7-14-27)17-10-18-32-19-21-33(22-20-32)28-15-8-11-25(23-28)26-12-9-16-29(24-26)35-2/h5-9,11-16,23-24H,4,10,17-22H2,1-3H3. The minimum Gasteiger partial charge on any atom is -0.497 e. The Morgan fingerprint density at radius 1 is 0.861 bits per heavy atom. The number of esters is 1. The molecule has 0 aliphatic carbocycles. The van der Waals surface area contributed by atoms with Gasteiger partial charge < -0.3 is 14.4 Å². The molecule has 5 heteroatoms. The Morgan fingerprint density at radius 2 is 1.56 bits per heavy atom. The molecule has 4 rings (SSSR count). The maximum Gasteiger partial charge on any atom is 0.316 e. The Balaban J connectivity index is 1.34. The van der Waals surface area contributed by atoms with Crippen molar-refractivity contribution in [1.29, 1.82) is 0 Å². The summed E-state index contributed by atoms with van der Waals surface area (Å²) in [6.07, 6.45) is 2.49. The SMILES string of the molecule is CCC(CCCN1CCN(c2cccc(-c3cccc(OC)c3)c2)CC1)(C(=O)OC)c1ccccc1. The zero-order valence-corrected chi connectivity index (χ0v) is 21.8. The second kappa shape index (κ2) is 12.1. The van der Waals surface area contributed by atoms with Crippen LogP contribution in [-0.4, -0.2) is 57.8 Å². The first-order valence-corrected chi connectivity index (χ1v) is 13.0. The number of nitrogens with zero attached hydrogens (tertiary/aromatic N) is 2. The molecule has 0 saturated carbocycles. The fourth-order valence-corrected chi connectivity index (χ4v) is 5.36. The van der Waals surface area contributed by atoms with Crippen molar-refractivity contribution in [2.45, 2.75) is 31.6 Å². The molecule has 1 heterocycles. The molecule has 0 N–H and O–H groups in total. The zero-order valence-electron chi connectivity index (χ0n) is 21.8. The van der Waals surface area contributed by atoms with Gasteiger partial charge in [0.1, 0.15) is 5.75 Å². The van der Waals surface area contributed by atoms with Crippen LogP contribution in [0.15, 0.2) is 78.9 Å². The lowest BCUT2D eigenvalue weighted by Gasteiger charge is -2.37. The number of ether oxygens (including phenoxy) is 2. The second-order valence-electron chi connectivity index (χ2n) is 9.51. The second-order valence-corrected chi connectivity index (χ2v) is 9.51. The molecular formula is C31H38N2O3. The van der Waals surface area contributed by atoms with Crippen LogP contribution in [0.3, 0.4) is 0 Å². The third-order valence-electron chi connectivity index (χ3n) is 7.57. The van der Waals surface area contributed by atoms with Crippen LogP contribution in [0.2, 0.25) is 0 Å². The van der Waals surface area contributed by atoms with Crippen molar-refractivity contribution < 1.29 is 14.3 Å². The highest BCUT2D eigenvalue weighted by molar-refractivity contribution is 5.83. The van der Waals surface area contributed by atoms with Gasteiger partial charge in [0.05, 0.1) is 19.6 Å². The lowest BCUT2D eigenvalue weighted by Crippen LogP contribution is -2.47. The predicted molar refractivity (Wildman–Crippen MR) is 147 cm³/mol. The summed E-state index contributed by atoms with van der Waals surface area (Å²) in [5.41, 5.74) is 4.11. The first kappa shape index (κ1) is 25.8. The fraction of sp³-hybridized carbons (Fsp3) is 0.387. The number of carbonyl (C=O) groups excluding carboxylic acids is 1. The van der Waals surface area contributed by atoms with Crippen molar-refractivity contribution in [3.63, 3.8) is 0 Å². The van der Waals surface area contributed by atoms with Crippen LogP contribution >= 0.6 is 0 Å². The van der Waals surface area contributed by atoms with Gasteiger partial charge in [0.25, 0.3) is 0 Å². The highest BCUT2D eigenvalue weighted by atomic mass is 16.5. The van der Waals surface area contributed by atoms with Crippen molar-refractivity contribution in [2.24, 2.45) is 0 Å². The average Bonchev–Trinajstić information content (AvgIpc) is 2.96. The number of benzene rings is 3. The molecule has 3 aromatic carbocycles. The summed E-state index contributed by atoms with van der Waals surface area (Å²) in [7, 11) is 3.20. The van der Waals surface area contributed by atoms with E-state index in [1.165, 1.54) is 23.9 Å². The first-order valence-electron chi connectivity index (χ1n) is 13.0. The third kappa shape index (κ3) is 5.73. The van der Waals surface area contributed by atoms with E-state index in [2.05, 4.69) is 65.3 Å². The molecule has 0 aromatic heterocycles. The Morgan fingerprint density at radius 3 is 2.22 bits per heavy atom. The molecule has 1 aliphatic heterocycles. The van der Waals surface area contributed by atoms with Crippen molar-refractivity contribution in [3.8, 4) is 16.9 Å². The summed E-state index contributed by atoms with van der Waals surface area (Å²) in [6.45, 7) is 7.11. The molecule has 1 atom stereocenters. The van der Waals surface area contributed by atoms with Gasteiger partial charge in [-0.3, -0.25) is 9.69 Å². The summed E-state index contributed by atoms with van der Waals surface area (Å²) in [5, 5.41) is 0. The monoisotopic (exact) mass is 486 g/mol. The highest BCUT2D eigenvalue weighted by Crippen LogP contribution is 2.35. The van der Waals surface area contributed by atoms with E-state index in [0.717, 1.165) is 63.3 Å². The number of hydrogen-bond acceptors (Lipinski definition) is 5. The van der Waals surface area contributed by atoms with Crippen LogP contribution in [0, 0.1) is 0 Å². The third-order valence-corrected chi connectivity index (χ3v) is 7.57. The van der Waals surface area contributed by atoms with E-state index in [0.29, 0.717) is 0 Å². The van der Waals surface area contributed by atoms with Crippen LogP contribution < -0.4 is 9.64 Å². The predicted octanol–water partition coefficient (Wildman–Crippen LogP) is 5.79. The van der Waals surface area contributed by atoms with Gasteiger partial charge in [-0.05, 0) is 66.8 Å². The number of hydrogen-bond donors (Lipinski definition) is 0. The number of methoxy groups -OCH3 is 2. The summed E-state index contributed by atoms with van der Waals surface area (Å²) < 4.78 is 10.7. The average molecular weight is 487 g/mol. The van der Waals surface area contributed by atoms with Gasteiger partial charge in [0, 0.05) is 31.9 Å². The van der Waals surface area contributed by atoms with Gasteiger partial charge in [-0.25, -0.2) is 0 Å². The van der Waals surface area contributed by atoms with E-state index in [-0.39, 0.29) is 5.97 Å². The van der Waals surface area contributed by atoms with Gasteiger partial charge in [0.15, 0.2) is 0 Å². The van der Waals surface area contributed by atoms with E-state index >= 15 is 0 Å². The Kier molecular flexibility index (Phi) is 8.65. The number of rotatable bonds is 10. The van der Waals surface area contributed by atoms with Gasteiger partial charge in [-0.15, -0.1) is 0 Å². The molecule has 0 spiro atoms. The van der Waals surface area contributed by atoms with E-state index in [4.69, 9.17) is 9.47 Å². The van der Waals surface area contributed by atoms with E-state index in [9.17, 15) is 4.79 Å². The molecule has 0 bridgehead atoms. The number of anilines is 1. The van der Waals surface area contributed by atoms with E-state index in [1.54, 1.807) is 7.11 Å². The van der Waals surface area contributed by atoms with Crippen LogP contribution in [-0.2, 0) is 14.9 Å². The van der Waals surface area contributed by atoms with Gasteiger partial charge in [-0.1, -0.05) is 61.5 Å². The van der Waals surface area contributed by atoms with Crippen molar-refractivity contribution in [2.75, 3.05) is 51.8 Å². The van der Waals surface area contributed by atoms with Crippen LogP contribution in [0.4, 0.5) is 5.69 Å². The fourth-order valence-electron chi connectivity index (χ4n) is 5.36. The summed E-state index contributed by atoms with van der Waals surface area (Å²) in [4.78, 5) is 17.8. The normalized spacial score (nSPS) is 15.8. The number of carbonyl (C=O) groups is 1.